The fourth-order valence-corrected chi connectivity index (χ4v) is 2.28. The molecule has 5 heteroatoms. The van der Waals surface area contributed by atoms with Crippen molar-refractivity contribution in [2.45, 2.75) is 19.8 Å². The Hall–Kier alpha value is -1.62. The van der Waals surface area contributed by atoms with E-state index in [0.29, 0.717) is 17.3 Å². The third-order valence-corrected chi connectivity index (χ3v) is 3.33. The van der Waals surface area contributed by atoms with Crippen LogP contribution in [0.15, 0.2) is 18.2 Å². The van der Waals surface area contributed by atoms with E-state index in [9.17, 15) is 9.18 Å². The monoisotopic (exact) mass is 265 g/mol. The fourth-order valence-electron chi connectivity index (χ4n) is 2.28. The minimum atomic E-state index is -0.289. The van der Waals surface area contributed by atoms with Crippen molar-refractivity contribution in [1.29, 1.82) is 0 Å². The zero-order valence-electron chi connectivity index (χ0n) is 11.1. The maximum absolute atomic E-state index is 13.7. The van der Waals surface area contributed by atoms with Gasteiger partial charge in [0.25, 0.3) is 0 Å². The van der Waals surface area contributed by atoms with Crippen LogP contribution in [0.5, 0.6) is 0 Å². The highest BCUT2D eigenvalue weighted by molar-refractivity contribution is 5.89. The Morgan fingerprint density at radius 3 is 2.84 bits per heavy atom. The van der Waals surface area contributed by atoms with Crippen molar-refractivity contribution < 1.29 is 9.18 Å². The second-order valence-electron chi connectivity index (χ2n) is 4.95. The highest BCUT2D eigenvalue weighted by Crippen LogP contribution is 2.21. The standard InChI is InChI=1S/C14H20FN3O/c1-10(19)18-12-2-3-13(15)14(8-12)17-9-11-4-6-16-7-5-11/h2-3,8,11,16-17H,4-7,9H2,1H3,(H,18,19). The number of carbonyl (C=O) groups is 1. The Balaban J connectivity index is 1.95. The van der Waals surface area contributed by atoms with Crippen molar-refractivity contribution >= 4 is 17.3 Å². The lowest BCUT2D eigenvalue weighted by Crippen LogP contribution is -2.31. The molecule has 0 aliphatic carbocycles. The number of hydrogen-bond acceptors (Lipinski definition) is 3. The Morgan fingerprint density at radius 1 is 1.42 bits per heavy atom. The number of rotatable bonds is 4. The highest BCUT2D eigenvalue weighted by atomic mass is 19.1. The molecule has 3 N–H and O–H groups in total. The van der Waals surface area contributed by atoms with E-state index in [4.69, 9.17) is 0 Å². The van der Waals surface area contributed by atoms with Crippen LogP contribution < -0.4 is 16.0 Å². The summed E-state index contributed by atoms with van der Waals surface area (Å²) < 4.78 is 13.7. The first-order valence-electron chi connectivity index (χ1n) is 6.67. The Kier molecular flexibility index (Phi) is 4.74. The number of piperidine rings is 1. The zero-order chi connectivity index (χ0) is 13.7. The van der Waals surface area contributed by atoms with Gasteiger partial charge in [-0.25, -0.2) is 4.39 Å². The van der Waals surface area contributed by atoms with Gasteiger partial charge in [0.1, 0.15) is 5.82 Å². The van der Waals surface area contributed by atoms with Crippen molar-refractivity contribution in [1.82, 2.24) is 5.32 Å². The molecule has 1 aromatic rings. The Labute approximate surface area is 112 Å². The van der Waals surface area contributed by atoms with Crippen LogP contribution in [0, 0.1) is 11.7 Å². The lowest BCUT2D eigenvalue weighted by Gasteiger charge is -2.23. The average molecular weight is 265 g/mol. The molecule has 0 saturated carbocycles. The van der Waals surface area contributed by atoms with E-state index in [1.165, 1.54) is 13.0 Å². The molecule has 104 valence electrons. The number of hydrogen-bond donors (Lipinski definition) is 3. The predicted octanol–water partition coefficient (Wildman–Crippen LogP) is 2.20. The van der Waals surface area contributed by atoms with Crippen LogP contribution in [0.3, 0.4) is 0 Å². The van der Waals surface area contributed by atoms with E-state index < -0.39 is 0 Å². The normalized spacial score (nSPS) is 16.1. The third-order valence-electron chi connectivity index (χ3n) is 3.33. The molecular formula is C14H20FN3O. The lowest BCUT2D eigenvalue weighted by molar-refractivity contribution is -0.114. The summed E-state index contributed by atoms with van der Waals surface area (Å²) in [5, 5.41) is 9.10. The van der Waals surface area contributed by atoms with Gasteiger partial charge in [-0.3, -0.25) is 4.79 Å². The van der Waals surface area contributed by atoms with E-state index in [2.05, 4.69) is 16.0 Å². The van der Waals surface area contributed by atoms with Crippen molar-refractivity contribution in [2.75, 3.05) is 30.3 Å². The molecule has 0 radical (unpaired) electrons. The molecule has 1 fully saturated rings. The van der Waals surface area contributed by atoms with E-state index >= 15 is 0 Å². The number of anilines is 2. The molecule has 2 rings (SSSR count). The second kappa shape index (κ2) is 6.52. The van der Waals surface area contributed by atoms with Crippen LogP contribution in [0.2, 0.25) is 0 Å². The minimum Gasteiger partial charge on any atom is -0.382 e. The SMILES string of the molecule is CC(=O)Nc1ccc(F)c(NCC2CCNCC2)c1. The van der Waals surface area contributed by atoms with E-state index in [1.807, 2.05) is 0 Å². The molecule has 1 aliphatic rings. The van der Waals surface area contributed by atoms with Gasteiger partial charge in [0.2, 0.25) is 5.91 Å². The lowest BCUT2D eigenvalue weighted by atomic mass is 9.98. The van der Waals surface area contributed by atoms with Gasteiger partial charge in [0.15, 0.2) is 0 Å². The molecule has 19 heavy (non-hydrogen) atoms. The molecule has 0 aromatic heterocycles. The molecule has 1 heterocycles. The molecule has 0 spiro atoms. The highest BCUT2D eigenvalue weighted by Gasteiger charge is 2.13. The van der Waals surface area contributed by atoms with Crippen LogP contribution in [0.25, 0.3) is 0 Å². The maximum atomic E-state index is 13.7. The quantitative estimate of drug-likeness (QED) is 0.782. The maximum Gasteiger partial charge on any atom is 0.221 e. The van der Waals surface area contributed by atoms with E-state index in [-0.39, 0.29) is 11.7 Å². The van der Waals surface area contributed by atoms with Gasteiger partial charge in [-0.05, 0) is 50.0 Å². The zero-order valence-corrected chi connectivity index (χ0v) is 11.1. The number of carbonyl (C=O) groups excluding carboxylic acids is 1. The van der Waals surface area contributed by atoms with Crippen molar-refractivity contribution in [3.8, 4) is 0 Å². The van der Waals surface area contributed by atoms with Crippen LogP contribution in [0.4, 0.5) is 15.8 Å². The van der Waals surface area contributed by atoms with Crippen molar-refractivity contribution in [3.05, 3.63) is 24.0 Å². The van der Waals surface area contributed by atoms with Crippen LogP contribution >= 0.6 is 0 Å². The van der Waals surface area contributed by atoms with Gasteiger partial charge in [-0.1, -0.05) is 0 Å². The van der Waals surface area contributed by atoms with Gasteiger partial charge in [-0.2, -0.15) is 0 Å². The average Bonchev–Trinajstić information content (AvgIpc) is 2.40. The van der Waals surface area contributed by atoms with Crippen LogP contribution in [-0.4, -0.2) is 25.5 Å². The van der Waals surface area contributed by atoms with Gasteiger partial charge >= 0.3 is 0 Å². The largest absolute Gasteiger partial charge is 0.382 e. The Bertz CT molecular complexity index is 444. The predicted molar refractivity (Wildman–Crippen MR) is 74.8 cm³/mol. The van der Waals surface area contributed by atoms with Gasteiger partial charge < -0.3 is 16.0 Å². The Morgan fingerprint density at radius 2 is 2.16 bits per heavy atom. The summed E-state index contributed by atoms with van der Waals surface area (Å²) in [6.07, 6.45) is 2.22. The molecule has 0 unspecified atom stereocenters. The number of amides is 1. The van der Waals surface area contributed by atoms with E-state index in [1.54, 1.807) is 12.1 Å². The number of benzene rings is 1. The van der Waals surface area contributed by atoms with Gasteiger partial charge in [0.05, 0.1) is 5.69 Å². The molecule has 0 atom stereocenters. The summed E-state index contributed by atoms with van der Waals surface area (Å²) in [4.78, 5) is 11.0. The molecule has 1 amide bonds. The third kappa shape index (κ3) is 4.21. The first kappa shape index (κ1) is 13.8. The number of nitrogens with one attached hydrogen (secondary N) is 3. The first-order chi connectivity index (χ1) is 9.15. The van der Waals surface area contributed by atoms with Crippen molar-refractivity contribution in [3.63, 3.8) is 0 Å². The van der Waals surface area contributed by atoms with Crippen molar-refractivity contribution in [2.24, 2.45) is 5.92 Å². The molecule has 1 saturated heterocycles. The second-order valence-corrected chi connectivity index (χ2v) is 4.95. The van der Waals surface area contributed by atoms with Crippen LogP contribution in [0.1, 0.15) is 19.8 Å². The molecule has 0 bridgehead atoms. The molecule has 1 aromatic carbocycles. The summed E-state index contributed by atoms with van der Waals surface area (Å²) in [5.41, 5.74) is 1.06. The summed E-state index contributed by atoms with van der Waals surface area (Å²) in [5.74, 6) is 0.129. The summed E-state index contributed by atoms with van der Waals surface area (Å²) in [6.45, 7) is 4.26. The van der Waals surface area contributed by atoms with Gasteiger partial charge in [0, 0.05) is 19.2 Å². The minimum absolute atomic E-state index is 0.157. The fraction of sp³-hybridized carbons (Fsp3) is 0.500. The topological polar surface area (TPSA) is 53.2 Å². The smallest absolute Gasteiger partial charge is 0.221 e. The first-order valence-corrected chi connectivity index (χ1v) is 6.67. The number of halogens is 1. The molecule has 4 nitrogen and oxygen atoms in total. The summed E-state index contributed by atoms with van der Waals surface area (Å²) >= 11 is 0. The summed E-state index contributed by atoms with van der Waals surface area (Å²) in [6, 6.07) is 4.57. The van der Waals surface area contributed by atoms with E-state index in [0.717, 1.165) is 32.5 Å². The summed E-state index contributed by atoms with van der Waals surface area (Å²) in [7, 11) is 0. The molecular weight excluding hydrogens is 245 g/mol. The van der Waals surface area contributed by atoms with Crippen LogP contribution in [-0.2, 0) is 4.79 Å². The molecule has 1 aliphatic heterocycles. The van der Waals surface area contributed by atoms with Gasteiger partial charge in [-0.15, -0.1) is 0 Å².